The molecule has 1 unspecified atom stereocenters. The monoisotopic (exact) mass is 255 g/mol. The molecule has 0 aromatic carbocycles. The summed E-state index contributed by atoms with van der Waals surface area (Å²) in [7, 11) is 0. The second-order valence-electron chi connectivity index (χ2n) is 3.48. The number of nitrogens with one attached hydrogen (secondary N) is 2. The van der Waals surface area contributed by atoms with Gasteiger partial charge >= 0.3 is 0 Å². The fraction of sp³-hybridized carbons (Fsp3) is 0.500. The average Bonchev–Trinajstić information content (AvgIpc) is 2.36. The minimum Gasteiger partial charge on any atom is -0.347 e. The van der Waals surface area contributed by atoms with Crippen LogP contribution in [0.1, 0.15) is 24.3 Å². The number of carbonyl (C=O) groups excluding carboxylic acids is 1. The van der Waals surface area contributed by atoms with Crippen molar-refractivity contribution in [2.45, 2.75) is 19.9 Å². The molecule has 0 aliphatic rings. The second-order valence-corrected chi connectivity index (χ2v) is 4.80. The van der Waals surface area contributed by atoms with Crippen LogP contribution in [0.3, 0.4) is 0 Å². The molecule has 1 aromatic rings. The van der Waals surface area contributed by atoms with Gasteiger partial charge in [-0.1, -0.05) is 6.92 Å². The van der Waals surface area contributed by atoms with E-state index in [2.05, 4.69) is 27.9 Å². The summed E-state index contributed by atoms with van der Waals surface area (Å²) in [6, 6.07) is 3.30. The molecule has 0 saturated carbocycles. The van der Waals surface area contributed by atoms with E-state index in [0.717, 1.165) is 11.5 Å². The van der Waals surface area contributed by atoms with Gasteiger partial charge in [-0.3, -0.25) is 4.79 Å². The highest BCUT2D eigenvalue weighted by atomic mass is 32.2. The molecule has 94 valence electrons. The first-order valence-corrected chi connectivity index (χ1v) is 6.51. The van der Waals surface area contributed by atoms with Crippen LogP contribution < -0.4 is 16.6 Å². The van der Waals surface area contributed by atoms with E-state index < -0.39 is 0 Å². The summed E-state index contributed by atoms with van der Waals surface area (Å²) in [4.78, 5) is 11.7. The molecular formula is C10H17N5OS. The fourth-order valence-corrected chi connectivity index (χ4v) is 1.84. The number of carbonyl (C=O) groups is 1. The van der Waals surface area contributed by atoms with Crippen molar-refractivity contribution in [1.29, 1.82) is 0 Å². The molecule has 0 bridgehead atoms. The van der Waals surface area contributed by atoms with Gasteiger partial charge in [-0.2, -0.15) is 11.8 Å². The van der Waals surface area contributed by atoms with E-state index in [1.54, 1.807) is 23.9 Å². The number of hydrogen-bond acceptors (Lipinski definition) is 6. The third-order valence-corrected chi connectivity index (χ3v) is 3.14. The number of nitrogen functional groups attached to an aromatic ring is 1. The van der Waals surface area contributed by atoms with Gasteiger partial charge in [0, 0.05) is 11.8 Å². The molecule has 1 rings (SSSR count). The van der Waals surface area contributed by atoms with Gasteiger partial charge in [0.1, 0.15) is 0 Å². The van der Waals surface area contributed by atoms with Crippen molar-refractivity contribution in [3.63, 3.8) is 0 Å². The number of aromatic nitrogens is 2. The van der Waals surface area contributed by atoms with E-state index in [-0.39, 0.29) is 17.6 Å². The molecule has 1 atom stereocenters. The van der Waals surface area contributed by atoms with Crippen molar-refractivity contribution in [1.82, 2.24) is 15.5 Å². The van der Waals surface area contributed by atoms with Gasteiger partial charge in [-0.25, -0.2) is 5.84 Å². The SMILES string of the molecule is CCSCC(C)NC(=O)c1ccc(NN)nn1. The second kappa shape index (κ2) is 7.08. The predicted octanol–water partition coefficient (Wildman–Crippen LogP) is 0.634. The Bertz CT molecular complexity index is 356. The van der Waals surface area contributed by atoms with Crippen molar-refractivity contribution < 1.29 is 4.79 Å². The number of anilines is 1. The Labute approximate surface area is 105 Å². The minimum atomic E-state index is -0.217. The molecule has 0 aliphatic carbocycles. The molecular weight excluding hydrogens is 238 g/mol. The Morgan fingerprint density at radius 3 is 2.82 bits per heavy atom. The van der Waals surface area contributed by atoms with Crippen LogP contribution in [0.4, 0.5) is 5.82 Å². The third-order valence-electron chi connectivity index (χ3n) is 1.99. The lowest BCUT2D eigenvalue weighted by molar-refractivity contribution is 0.0938. The number of thioether (sulfide) groups is 1. The van der Waals surface area contributed by atoms with Gasteiger partial charge in [-0.05, 0) is 24.8 Å². The normalized spacial score (nSPS) is 11.9. The quantitative estimate of drug-likeness (QED) is 0.510. The zero-order valence-corrected chi connectivity index (χ0v) is 10.8. The van der Waals surface area contributed by atoms with E-state index in [1.807, 2.05) is 6.92 Å². The molecule has 4 N–H and O–H groups in total. The van der Waals surface area contributed by atoms with Gasteiger partial charge in [0.15, 0.2) is 11.5 Å². The topological polar surface area (TPSA) is 92.9 Å². The summed E-state index contributed by atoms with van der Waals surface area (Å²) in [5.41, 5.74) is 2.64. The van der Waals surface area contributed by atoms with Crippen molar-refractivity contribution in [3.8, 4) is 0 Å². The van der Waals surface area contributed by atoms with Gasteiger partial charge in [0.25, 0.3) is 5.91 Å². The number of hydrazine groups is 1. The zero-order chi connectivity index (χ0) is 12.7. The van der Waals surface area contributed by atoms with E-state index in [4.69, 9.17) is 5.84 Å². The highest BCUT2D eigenvalue weighted by Gasteiger charge is 2.11. The van der Waals surface area contributed by atoms with Gasteiger partial charge < -0.3 is 10.7 Å². The molecule has 7 heteroatoms. The highest BCUT2D eigenvalue weighted by molar-refractivity contribution is 7.99. The number of amides is 1. The van der Waals surface area contributed by atoms with E-state index in [1.165, 1.54) is 0 Å². The zero-order valence-electron chi connectivity index (χ0n) is 9.93. The van der Waals surface area contributed by atoms with Gasteiger partial charge in [-0.15, -0.1) is 10.2 Å². The standard InChI is InChI=1S/C10H17N5OS/c1-3-17-6-7(2)12-10(16)8-4-5-9(13-11)15-14-8/h4-5,7H,3,6,11H2,1-2H3,(H,12,16)(H,13,15). The Kier molecular flexibility index (Phi) is 5.71. The largest absolute Gasteiger partial charge is 0.347 e. The van der Waals surface area contributed by atoms with E-state index in [0.29, 0.717) is 5.82 Å². The van der Waals surface area contributed by atoms with Crippen LogP contribution in [0.5, 0.6) is 0 Å². The van der Waals surface area contributed by atoms with Crippen LogP contribution in [0.2, 0.25) is 0 Å². The number of rotatable bonds is 6. The first-order chi connectivity index (χ1) is 8.17. The van der Waals surface area contributed by atoms with Crippen LogP contribution in [0.15, 0.2) is 12.1 Å². The van der Waals surface area contributed by atoms with E-state index >= 15 is 0 Å². The number of nitrogens with two attached hydrogens (primary N) is 1. The summed E-state index contributed by atoms with van der Waals surface area (Å²) in [5, 5.41) is 10.4. The molecule has 17 heavy (non-hydrogen) atoms. The minimum absolute atomic E-state index is 0.113. The predicted molar refractivity (Wildman–Crippen MR) is 69.8 cm³/mol. The van der Waals surface area contributed by atoms with Crippen molar-refractivity contribution in [3.05, 3.63) is 17.8 Å². The summed E-state index contributed by atoms with van der Waals surface area (Å²) in [6.07, 6.45) is 0. The lowest BCUT2D eigenvalue weighted by Gasteiger charge is -2.12. The Morgan fingerprint density at radius 2 is 2.29 bits per heavy atom. The molecule has 0 spiro atoms. The maximum atomic E-state index is 11.7. The summed E-state index contributed by atoms with van der Waals surface area (Å²) < 4.78 is 0. The summed E-state index contributed by atoms with van der Waals surface area (Å²) >= 11 is 1.78. The maximum absolute atomic E-state index is 11.7. The Hall–Kier alpha value is -1.34. The van der Waals surface area contributed by atoms with Crippen molar-refractivity contribution >= 4 is 23.5 Å². The lowest BCUT2D eigenvalue weighted by Crippen LogP contribution is -2.35. The number of hydrogen-bond donors (Lipinski definition) is 3. The Morgan fingerprint density at radius 1 is 1.53 bits per heavy atom. The molecule has 6 nitrogen and oxygen atoms in total. The smallest absolute Gasteiger partial charge is 0.272 e. The average molecular weight is 255 g/mol. The molecule has 1 aromatic heterocycles. The maximum Gasteiger partial charge on any atom is 0.272 e. The van der Waals surface area contributed by atoms with Gasteiger partial charge in [0.2, 0.25) is 0 Å². The molecule has 0 fully saturated rings. The first-order valence-electron chi connectivity index (χ1n) is 5.36. The van der Waals surface area contributed by atoms with Crippen molar-refractivity contribution in [2.75, 3.05) is 16.9 Å². The molecule has 0 radical (unpaired) electrons. The first kappa shape index (κ1) is 13.7. The lowest BCUT2D eigenvalue weighted by atomic mass is 10.3. The summed E-state index contributed by atoms with van der Waals surface area (Å²) in [5.74, 6) is 7.29. The van der Waals surface area contributed by atoms with Crippen LogP contribution >= 0.6 is 11.8 Å². The molecule has 1 amide bonds. The van der Waals surface area contributed by atoms with Crippen LogP contribution in [-0.2, 0) is 0 Å². The fourth-order valence-electron chi connectivity index (χ4n) is 1.16. The molecule has 1 heterocycles. The molecule has 0 saturated heterocycles. The van der Waals surface area contributed by atoms with Crippen LogP contribution in [0.25, 0.3) is 0 Å². The molecule has 0 aliphatic heterocycles. The third kappa shape index (κ3) is 4.58. The van der Waals surface area contributed by atoms with Crippen LogP contribution in [0, 0.1) is 0 Å². The van der Waals surface area contributed by atoms with Crippen molar-refractivity contribution in [2.24, 2.45) is 5.84 Å². The Balaban J connectivity index is 2.51. The van der Waals surface area contributed by atoms with Gasteiger partial charge in [0.05, 0.1) is 0 Å². The highest BCUT2D eigenvalue weighted by Crippen LogP contribution is 2.03. The van der Waals surface area contributed by atoms with Crippen LogP contribution in [-0.4, -0.2) is 33.7 Å². The summed E-state index contributed by atoms with van der Waals surface area (Å²) in [6.45, 7) is 4.05. The van der Waals surface area contributed by atoms with E-state index in [9.17, 15) is 4.79 Å². The number of nitrogens with zero attached hydrogens (tertiary/aromatic N) is 2.